The van der Waals surface area contributed by atoms with Crippen LogP contribution in [0.4, 0.5) is 39.5 Å². The van der Waals surface area contributed by atoms with Crippen molar-refractivity contribution in [1.82, 2.24) is 0 Å². The molecule has 36 heavy (non-hydrogen) atoms. The minimum Gasteiger partial charge on any atom is -0.538 e. The highest BCUT2D eigenvalue weighted by molar-refractivity contribution is 7.95. The van der Waals surface area contributed by atoms with Crippen molar-refractivity contribution in [3.05, 3.63) is 49.1 Å². The van der Waals surface area contributed by atoms with E-state index in [0.717, 1.165) is 6.08 Å². The number of esters is 2. The third-order valence-electron chi connectivity index (χ3n) is 2.52. The maximum atomic E-state index is 11.9. The molecule has 0 unspecified atom stereocenters. The molecular weight excluding hydrogens is 571 g/mol. The Morgan fingerprint density at radius 1 is 0.750 bits per heavy atom. The van der Waals surface area contributed by atoms with Gasteiger partial charge in [0.05, 0.1) is 13.2 Å². The van der Waals surface area contributed by atoms with E-state index in [1.807, 2.05) is 0 Å². The Balaban J connectivity index is -0.000000276. The van der Waals surface area contributed by atoms with Gasteiger partial charge in [-0.2, -0.15) is 39.5 Å². The van der Waals surface area contributed by atoms with Crippen LogP contribution in [0, 0.1) is 14.9 Å². The van der Waals surface area contributed by atoms with Crippen LogP contribution in [0.15, 0.2) is 24.8 Å². The number of hydrogen-bond donors (Lipinski definition) is 0. The number of carbonyl (C=O) groups is 2. The summed E-state index contributed by atoms with van der Waals surface area (Å²) in [6.07, 6.45) is -4.26. The van der Waals surface area contributed by atoms with Gasteiger partial charge in [-0.05, 0) is 0 Å². The lowest BCUT2D eigenvalue weighted by Crippen LogP contribution is -2.25. The van der Waals surface area contributed by atoms with Crippen LogP contribution in [-0.2, 0) is 39.1 Å². The second kappa shape index (κ2) is 15.5. The van der Waals surface area contributed by atoms with Crippen molar-refractivity contribution in [2.45, 2.75) is 17.2 Å². The topological polar surface area (TPSA) is 149 Å². The maximum absolute atomic E-state index is 11.9. The number of ether oxygens (including phenoxy) is 2. The number of carbonyl (C=O) groups excluding carboxylic acids is 2. The van der Waals surface area contributed by atoms with Gasteiger partial charge in [-0.25, -0.2) is 26.4 Å². The molecule has 0 radical (unpaired) electrons. The Bertz CT molecular complexity index is 942. The highest BCUT2D eigenvalue weighted by Gasteiger charge is 2.40. The largest absolute Gasteiger partial charge is 0.538 e. The van der Waals surface area contributed by atoms with Crippen LogP contribution in [-0.4, -0.2) is 72.3 Å². The first-order chi connectivity index (χ1) is 15.0. The second-order valence-electron chi connectivity index (χ2n) is 5.03. The zero-order valence-electron chi connectivity index (χ0n) is 18.2. The summed E-state index contributed by atoms with van der Waals surface area (Å²) in [4.78, 5) is 21.0. The summed E-state index contributed by atoms with van der Waals surface area (Å²) in [5.74, 6) is -2.79. The first-order valence-electron chi connectivity index (χ1n) is 7.72. The van der Waals surface area contributed by atoms with Gasteiger partial charge in [-0.15, -0.1) is 13.1 Å². The molecule has 0 amide bonds. The van der Waals surface area contributed by atoms with E-state index in [-0.39, 0.29) is 14.9 Å². The minimum absolute atomic E-state index is 0. The summed E-state index contributed by atoms with van der Waals surface area (Å²) in [6.45, 7) is 1.84. The average Bonchev–Trinajstić information content (AvgIpc) is 2.65. The standard InChI is InChI=1S/C7H6F6NO4S.C6H7F3NO4S.2CH3/c1-4(6(8,9)10)5(15)18-3-2-14-19(16,17)7(11,12)13;1-2-5(11)14-4-3-10-15(12,13)6(7,8)9;;/h1-3H2;2H,1,3-4H2;2*1H3/q2*-1;2*+1. The van der Waals surface area contributed by atoms with Crippen LogP contribution >= 0.6 is 0 Å². The minimum atomic E-state index is -5.76. The molecule has 0 saturated carbocycles. The van der Waals surface area contributed by atoms with Gasteiger partial charge < -0.3 is 18.9 Å². The van der Waals surface area contributed by atoms with Crippen molar-refractivity contribution in [3.63, 3.8) is 0 Å². The molecular formula is C15H19F9N2O8S2. The summed E-state index contributed by atoms with van der Waals surface area (Å²) in [5.41, 5.74) is -12.9. The normalized spacial score (nSPS) is 12.0. The molecule has 0 aromatic rings. The highest BCUT2D eigenvalue weighted by Crippen LogP contribution is 2.28. The molecule has 0 aliphatic heterocycles. The van der Waals surface area contributed by atoms with E-state index < -0.39 is 81.1 Å². The summed E-state index contributed by atoms with van der Waals surface area (Å²) in [6, 6.07) is 0. The quantitative estimate of drug-likeness (QED) is 0.123. The van der Waals surface area contributed by atoms with E-state index >= 15 is 0 Å². The number of hydrogen-bond acceptors (Lipinski definition) is 8. The smallest absolute Gasteiger partial charge is 0.480 e. The van der Waals surface area contributed by atoms with E-state index in [4.69, 9.17) is 0 Å². The number of nitrogens with zero attached hydrogens (tertiary/aromatic N) is 2. The zero-order valence-corrected chi connectivity index (χ0v) is 19.8. The summed E-state index contributed by atoms with van der Waals surface area (Å²) in [5, 5.41) is 0. The first kappa shape index (κ1) is 40.5. The maximum Gasteiger partial charge on any atom is 0.480 e. The molecule has 0 aromatic heterocycles. The van der Waals surface area contributed by atoms with Crippen LogP contribution in [0.3, 0.4) is 0 Å². The molecule has 10 nitrogen and oxygen atoms in total. The van der Waals surface area contributed by atoms with Gasteiger partial charge in [0.25, 0.3) is 0 Å². The molecule has 0 fully saturated rings. The molecule has 0 aromatic carbocycles. The summed E-state index contributed by atoms with van der Waals surface area (Å²) >= 11 is 0. The Morgan fingerprint density at radius 2 is 1.08 bits per heavy atom. The Hall–Kier alpha value is -2.65. The molecule has 0 spiro atoms. The number of alkyl halides is 9. The molecule has 0 N–H and O–H groups in total. The Kier molecular flexibility index (Phi) is 17.4. The van der Waals surface area contributed by atoms with Gasteiger partial charge in [-0.1, -0.05) is 13.2 Å². The van der Waals surface area contributed by atoms with Crippen molar-refractivity contribution in [2.24, 2.45) is 0 Å². The Morgan fingerprint density at radius 3 is 1.36 bits per heavy atom. The van der Waals surface area contributed by atoms with Crippen LogP contribution in [0.1, 0.15) is 0 Å². The van der Waals surface area contributed by atoms with Crippen LogP contribution in [0.25, 0.3) is 9.44 Å². The molecule has 0 saturated heterocycles. The van der Waals surface area contributed by atoms with Crippen molar-refractivity contribution < 1.29 is 75.4 Å². The Labute approximate surface area is 200 Å². The molecule has 0 aliphatic carbocycles. The average molecular weight is 590 g/mol. The fourth-order valence-corrected chi connectivity index (χ4v) is 1.93. The third kappa shape index (κ3) is 15.4. The van der Waals surface area contributed by atoms with Crippen molar-refractivity contribution >= 4 is 32.0 Å². The van der Waals surface area contributed by atoms with Gasteiger partial charge in [-0.3, -0.25) is 0 Å². The number of halogens is 9. The number of rotatable bonds is 10. The van der Waals surface area contributed by atoms with Gasteiger partial charge in [0.2, 0.25) is 0 Å². The van der Waals surface area contributed by atoms with E-state index in [0.29, 0.717) is 0 Å². The fraction of sp³-hybridized carbons (Fsp3) is 0.467. The second-order valence-corrected chi connectivity index (χ2v) is 8.37. The van der Waals surface area contributed by atoms with E-state index in [2.05, 4.69) is 32.1 Å². The molecule has 212 valence electrons. The highest BCUT2D eigenvalue weighted by atomic mass is 32.2. The van der Waals surface area contributed by atoms with Gasteiger partial charge in [0.15, 0.2) is 20.0 Å². The fourth-order valence-electron chi connectivity index (χ4n) is 1.01. The lowest BCUT2D eigenvalue weighted by atomic mass is 10.3. The number of sulfonamides is 2. The summed E-state index contributed by atoms with van der Waals surface area (Å²) in [7, 11) is -11.2. The molecule has 0 bridgehead atoms. The van der Waals surface area contributed by atoms with E-state index in [1.165, 1.54) is 0 Å². The predicted octanol–water partition coefficient (Wildman–Crippen LogP) is 3.71. The first-order valence-corrected chi connectivity index (χ1v) is 10.6. The zero-order chi connectivity index (χ0) is 27.6. The van der Waals surface area contributed by atoms with Gasteiger partial charge in [0, 0.05) is 20.9 Å². The van der Waals surface area contributed by atoms with Crippen molar-refractivity contribution in [2.75, 3.05) is 26.3 Å². The lowest BCUT2D eigenvalue weighted by molar-refractivity contribution is -0.150. The van der Waals surface area contributed by atoms with Crippen molar-refractivity contribution in [3.8, 4) is 0 Å². The third-order valence-corrected chi connectivity index (χ3v) is 4.74. The van der Waals surface area contributed by atoms with Crippen LogP contribution in [0.2, 0.25) is 0 Å². The van der Waals surface area contributed by atoms with E-state index in [1.54, 1.807) is 0 Å². The lowest BCUT2D eigenvalue weighted by Gasteiger charge is -2.21. The van der Waals surface area contributed by atoms with Crippen molar-refractivity contribution in [1.29, 1.82) is 0 Å². The predicted molar refractivity (Wildman–Crippen MR) is 107 cm³/mol. The summed E-state index contributed by atoms with van der Waals surface area (Å²) < 4.78 is 160. The van der Waals surface area contributed by atoms with Gasteiger partial charge >= 0.3 is 29.1 Å². The van der Waals surface area contributed by atoms with Crippen LogP contribution in [0.5, 0.6) is 0 Å². The molecule has 0 aliphatic rings. The molecule has 21 heteroatoms. The molecule has 0 atom stereocenters. The molecule has 0 heterocycles. The van der Waals surface area contributed by atoms with E-state index in [9.17, 15) is 65.9 Å². The SMILES string of the molecule is C=C(C(=O)OCC[N-]S(=O)(=O)C(F)(F)F)C(F)(F)F.C=CC(=O)OCC[N-]S(=O)(=O)C(F)(F)F.[CH3+].[CH3+]. The monoisotopic (exact) mass is 590 g/mol. The molecule has 0 rings (SSSR count). The van der Waals surface area contributed by atoms with Crippen LogP contribution < -0.4 is 0 Å². The van der Waals surface area contributed by atoms with Gasteiger partial charge in [0.1, 0.15) is 5.57 Å².